The third kappa shape index (κ3) is 4.28. The Morgan fingerprint density at radius 1 is 0.852 bits per heavy atom. The van der Waals surface area contributed by atoms with Gasteiger partial charge in [-0.2, -0.15) is 4.98 Å². The maximum Gasteiger partial charge on any atom is 0.229 e. The van der Waals surface area contributed by atoms with Gasteiger partial charge in [-0.25, -0.2) is 4.98 Å². The molecule has 1 aliphatic heterocycles. The Hall–Kier alpha value is -3.28. The van der Waals surface area contributed by atoms with Crippen molar-refractivity contribution in [2.24, 2.45) is 0 Å². The summed E-state index contributed by atoms with van der Waals surface area (Å²) in [6.07, 6.45) is 4.30. The van der Waals surface area contributed by atoms with Gasteiger partial charge in [-0.15, -0.1) is 0 Å². The highest BCUT2D eigenvalue weighted by Crippen LogP contribution is 2.24. The molecule has 2 heterocycles. The molecule has 0 saturated carbocycles. The average Bonchev–Trinajstić information content (AvgIpc) is 3.24. The van der Waals surface area contributed by atoms with Gasteiger partial charge >= 0.3 is 0 Å². The van der Waals surface area contributed by atoms with Gasteiger partial charge in [0.1, 0.15) is 11.6 Å². The van der Waals surface area contributed by atoms with Crippen LogP contribution in [0.15, 0.2) is 60.8 Å². The number of methoxy groups -OCH3 is 1. The lowest BCUT2D eigenvalue weighted by Gasteiger charge is -2.18. The van der Waals surface area contributed by atoms with Crippen LogP contribution < -0.4 is 20.3 Å². The van der Waals surface area contributed by atoms with E-state index < -0.39 is 0 Å². The quantitative estimate of drug-likeness (QED) is 0.670. The number of aromatic nitrogens is 2. The first-order valence-electron chi connectivity index (χ1n) is 9.16. The molecule has 1 saturated heterocycles. The molecule has 0 bridgehead atoms. The zero-order valence-corrected chi connectivity index (χ0v) is 15.4. The van der Waals surface area contributed by atoms with Gasteiger partial charge in [0, 0.05) is 36.3 Å². The second-order valence-electron chi connectivity index (χ2n) is 6.49. The number of anilines is 5. The molecule has 6 nitrogen and oxygen atoms in total. The molecule has 138 valence electrons. The van der Waals surface area contributed by atoms with Crippen LogP contribution in [0.5, 0.6) is 5.75 Å². The summed E-state index contributed by atoms with van der Waals surface area (Å²) >= 11 is 0. The van der Waals surface area contributed by atoms with E-state index in [1.165, 1.54) is 18.5 Å². The topological polar surface area (TPSA) is 62.3 Å². The van der Waals surface area contributed by atoms with Crippen LogP contribution >= 0.6 is 0 Å². The zero-order valence-electron chi connectivity index (χ0n) is 15.4. The first kappa shape index (κ1) is 17.1. The van der Waals surface area contributed by atoms with Crippen molar-refractivity contribution in [2.45, 2.75) is 12.8 Å². The van der Waals surface area contributed by atoms with Gasteiger partial charge < -0.3 is 20.3 Å². The van der Waals surface area contributed by atoms with Gasteiger partial charge in [-0.3, -0.25) is 0 Å². The van der Waals surface area contributed by atoms with Crippen LogP contribution in [0.2, 0.25) is 0 Å². The lowest BCUT2D eigenvalue weighted by atomic mass is 10.2. The van der Waals surface area contributed by atoms with Gasteiger partial charge in [0.05, 0.1) is 7.11 Å². The van der Waals surface area contributed by atoms with Gasteiger partial charge in [-0.1, -0.05) is 0 Å². The monoisotopic (exact) mass is 361 g/mol. The van der Waals surface area contributed by atoms with Gasteiger partial charge in [0.15, 0.2) is 0 Å². The number of hydrogen-bond acceptors (Lipinski definition) is 6. The van der Waals surface area contributed by atoms with Crippen molar-refractivity contribution in [3.05, 3.63) is 60.8 Å². The summed E-state index contributed by atoms with van der Waals surface area (Å²) < 4.78 is 5.17. The van der Waals surface area contributed by atoms with Gasteiger partial charge in [-0.05, 0) is 67.4 Å². The Morgan fingerprint density at radius 2 is 1.52 bits per heavy atom. The van der Waals surface area contributed by atoms with E-state index in [1.807, 2.05) is 30.3 Å². The Balaban J connectivity index is 1.42. The molecule has 4 rings (SSSR count). The molecule has 3 aromatic rings. The van der Waals surface area contributed by atoms with E-state index in [-0.39, 0.29) is 0 Å². The second-order valence-corrected chi connectivity index (χ2v) is 6.49. The minimum atomic E-state index is 0.541. The Morgan fingerprint density at radius 3 is 2.22 bits per heavy atom. The van der Waals surface area contributed by atoms with Crippen molar-refractivity contribution in [1.29, 1.82) is 0 Å². The minimum absolute atomic E-state index is 0.541. The summed E-state index contributed by atoms with van der Waals surface area (Å²) in [7, 11) is 1.65. The Bertz CT molecular complexity index is 874. The zero-order chi connectivity index (χ0) is 18.5. The lowest BCUT2D eigenvalue weighted by molar-refractivity contribution is 0.415. The van der Waals surface area contributed by atoms with Crippen LogP contribution in [0.4, 0.5) is 28.8 Å². The van der Waals surface area contributed by atoms with E-state index in [0.717, 1.165) is 36.0 Å². The maximum atomic E-state index is 5.17. The van der Waals surface area contributed by atoms with Crippen molar-refractivity contribution >= 4 is 28.8 Å². The summed E-state index contributed by atoms with van der Waals surface area (Å²) in [4.78, 5) is 11.2. The second kappa shape index (κ2) is 7.95. The first-order chi connectivity index (χ1) is 13.3. The molecular formula is C21H23N5O. The van der Waals surface area contributed by atoms with Crippen molar-refractivity contribution < 1.29 is 4.74 Å². The summed E-state index contributed by atoms with van der Waals surface area (Å²) in [5.74, 6) is 2.10. The lowest BCUT2D eigenvalue weighted by Crippen LogP contribution is -2.17. The highest BCUT2D eigenvalue weighted by atomic mass is 16.5. The Labute approximate surface area is 159 Å². The smallest absolute Gasteiger partial charge is 0.229 e. The molecule has 1 aliphatic rings. The fourth-order valence-electron chi connectivity index (χ4n) is 3.17. The minimum Gasteiger partial charge on any atom is -0.497 e. The summed E-state index contributed by atoms with van der Waals surface area (Å²) in [5, 5.41) is 6.54. The number of nitrogens with zero attached hydrogens (tertiary/aromatic N) is 3. The van der Waals surface area contributed by atoms with Gasteiger partial charge in [0.2, 0.25) is 5.95 Å². The first-order valence-corrected chi connectivity index (χ1v) is 9.16. The van der Waals surface area contributed by atoms with Crippen molar-refractivity contribution in [3.63, 3.8) is 0 Å². The normalized spacial score (nSPS) is 13.4. The van der Waals surface area contributed by atoms with E-state index >= 15 is 0 Å². The highest BCUT2D eigenvalue weighted by molar-refractivity contribution is 5.62. The number of ether oxygens (including phenoxy) is 1. The van der Waals surface area contributed by atoms with Crippen molar-refractivity contribution in [1.82, 2.24) is 9.97 Å². The van der Waals surface area contributed by atoms with Crippen LogP contribution in [0.1, 0.15) is 12.8 Å². The highest BCUT2D eigenvalue weighted by Gasteiger charge is 2.11. The number of rotatable bonds is 6. The van der Waals surface area contributed by atoms with Crippen molar-refractivity contribution in [3.8, 4) is 5.75 Å². The van der Waals surface area contributed by atoms with E-state index in [0.29, 0.717) is 5.95 Å². The van der Waals surface area contributed by atoms with Crippen LogP contribution in [0.25, 0.3) is 0 Å². The molecule has 1 fully saturated rings. The molecule has 0 unspecified atom stereocenters. The maximum absolute atomic E-state index is 5.17. The molecule has 0 aliphatic carbocycles. The third-order valence-corrected chi connectivity index (χ3v) is 4.61. The van der Waals surface area contributed by atoms with E-state index in [2.05, 4.69) is 49.8 Å². The predicted octanol–water partition coefficient (Wildman–Crippen LogP) is 4.57. The largest absolute Gasteiger partial charge is 0.497 e. The van der Waals surface area contributed by atoms with E-state index in [9.17, 15) is 0 Å². The fraction of sp³-hybridized carbons (Fsp3) is 0.238. The molecule has 2 aromatic carbocycles. The molecule has 2 N–H and O–H groups in total. The van der Waals surface area contributed by atoms with Crippen molar-refractivity contribution in [2.75, 3.05) is 35.7 Å². The summed E-state index contributed by atoms with van der Waals surface area (Å²) in [5.41, 5.74) is 3.19. The molecule has 0 radical (unpaired) electrons. The van der Waals surface area contributed by atoms with Crippen LogP contribution in [-0.2, 0) is 0 Å². The number of hydrogen-bond donors (Lipinski definition) is 2. The predicted molar refractivity (Wildman–Crippen MR) is 109 cm³/mol. The number of benzene rings is 2. The molecule has 1 aromatic heterocycles. The van der Waals surface area contributed by atoms with Crippen LogP contribution in [0.3, 0.4) is 0 Å². The SMILES string of the molecule is COc1ccc(Nc2nccc(Nc3ccc(N4CCCC4)cc3)n2)cc1. The molecule has 6 heteroatoms. The molecule has 0 amide bonds. The molecular weight excluding hydrogens is 338 g/mol. The van der Waals surface area contributed by atoms with E-state index in [4.69, 9.17) is 4.74 Å². The summed E-state index contributed by atoms with van der Waals surface area (Å²) in [6, 6.07) is 18.0. The number of nitrogens with one attached hydrogen (secondary N) is 2. The van der Waals surface area contributed by atoms with Crippen LogP contribution in [-0.4, -0.2) is 30.2 Å². The molecule has 0 atom stereocenters. The van der Waals surface area contributed by atoms with Crippen LogP contribution in [0, 0.1) is 0 Å². The van der Waals surface area contributed by atoms with E-state index in [1.54, 1.807) is 13.3 Å². The fourth-order valence-corrected chi connectivity index (χ4v) is 3.17. The third-order valence-electron chi connectivity index (χ3n) is 4.61. The Kier molecular flexibility index (Phi) is 5.05. The molecule has 27 heavy (non-hydrogen) atoms. The average molecular weight is 361 g/mol. The molecule has 0 spiro atoms. The standard InChI is InChI=1S/C21H23N5O/c1-27-19-10-6-17(7-11-19)24-21-22-13-12-20(25-21)23-16-4-8-18(9-5-16)26-14-2-3-15-26/h4-13H,2-3,14-15H2,1H3,(H2,22,23,24,25). The van der Waals surface area contributed by atoms with Gasteiger partial charge in [0.25, 0.3) is 0 Å². The summed E-state index contributed by atoms with van der Waals surface area (Å²) in [6.45, 7) is 2.30.